The Balaban J connectivity index is 1.34. The highest BCUT2D eigenvalue weighted by Crippen LogP contribution is 2.31. The molecule has 1 aromatic rings. The highest BCUT2D eigenvalue weighted by atomic mass is 16.4. The molecule has 2 fully saturated rings. The fourth-order valence-electron chi connectivity index (χ4n) is 8.70. The first-order valence-corrected chi connectivity index (χ1v) is 18.0. The number of carbonyl (C=O) groups is 1. The summed E-state index contributed by atoms with van der Waals surface area (Å²) in [5, 5.41) is 54.4. The molecule has 0 radical (unpaired) electrons. The summed E-state index contributed by atoms with van der Waals surface area (Å²) in [4.78, 5) is 18.5. The van der Waals surface area contributed by atoms with Crippen molar-refractivity contribution in [3.8, 4) is 0 Å². The Bertz CT molecular complexity index is 1200. The third-order valence-electron chi connectivity index (χ3n) is 11.3. The summed E-state index contributed by atoms with van der Waals surface area (Å²) in [6, 6.07) is 9.00. The standard InChI is InChI=1S/C36H60N6O5/c1-24-31(43)18-30(42-13-12-38-23-42)29(40-24)17-32(44)27-10-5-3-4-6-11-36(47,21-34(45)46)22-39-35(2)19-28(41-33(37)20-35)16-26-9-7-8-25(14-26)15-27/h7-9,12,14,24,27-33,39-41,43-44,47H,3-6,10-11,13,15-23,37H2,1-2H3,(H,45,46)/t24-,27-,28-,29+,30-,31+,32-,33-,35-,36+/m0/s1. The van der Waals surface area contributed by atoms with Gasteiger partial charge in [0, 0.05) is 49.0 Å². The molecule has 4 aliphatic heterocycles. The summed E-state index contributed by atoms with van der Waals surface area (Å²) in [7, 11) is 0. The molecule has 0 amide bonds. The molecule has 5 rings (SSSR count). The monoisotopic (exact) mass is 656 g/mol. The van der Waals surface area contributed by atoms with Crippen LogP contribution in [-0.2, 0) is 17.6 Å². The van der Waals surface area contributed by atoms with Crippen molar-refractivity contribution in [3.63, 3.8) is 0 Å². The van der Waals surface area contributed by atoms with Gasteiger partial charge in [0.25, 0.3) is 0 Å². The third kappa shape index (κ3) is 10.3. The number of nitrogens with two attached hydrogens (primary N) is 1. The van der Waals surface area contributed by atoms with Crippen LogP contribution in [-0.4, -0.2) is 111 Å². The molecule has 11 nitrogen and oxygen atoms in total. The molecule has 4 aliphatic rings. The molecule has 4 heterocycles. The second kappa shape index (κ2) is 16.2. The molecule has 9 N–H and O–H groups in total. The Morgan fingerprint density at radius 3 is 2.66 bits per heavy atom. The predicted molar refractivity (Wildman–Crippen MR) is 184 cm³/mol. The number of aliphatic imine (C=N–C) groups is 1. The summed E-state index contributed by atoms with van der Waals surface area (Å²) >= 11 is 0. The number of hydrogen-bond acceptors (Lipinski definition) is 10. The smallest absolute Gasteiger partial charge is 0.306 e. The molecule has 0 spiro atoms. The number of benzene rings is 1. The maximum absolute atomic E-state index is 11.9. The van der Waals surface area contributed by atoms with Crippen LogP contribution in [0, 0.1) is 5.92 Å². The van der Waals surface area contributed by atoms with Crippen molar-refractivity contribution >= 4 is 12.2 Å². The van der Waals surface area contributed by atoms with Crippen LogP contribution in [0.3, 0.4) is 0 Å². The van der Waals surface area contributed by atoms with Crippen LogP contribution in [0.15, 0.2) is 29.3 Å². The average molecular weight is 657 g/mol. The van der Waals surface area contributed by atoms with E-state index in [4.69, 9.17) is 5.73 Å². The van der Waals surface area contributed by atoms with Gasteiger partial charge in [-0.15, -0.1) is 0 Å². The fourth-order valence-corrected chi connectivity index (χ4v) is 8.70. The molecule has 0 unspecified atom stereocenters. The minimum atomic E-state index is -1.33. The Kier molecular flexibility index (Phi) is 12.5. The van der Waals surface area contributed by atoms with Gasteiger partial charge in [0.05, 0.1) is 37.1 Å². The number of aliphatic hydroxyl groups excluding tert-OH is 2. The number of fused-ring (bicyclic) bond motifs is 4. The van der Waals surface area contributed by atoms with Gasteiger partial charge >= 0.3 is 5.97 Å². The van der Waals surface area contributed by atoms with Crippen LogP contribution in [0.1, 0.15) is 95.6 Å². The number of aliphatic hydroxyl groups is 3. The molecule has 4 bridgehead atoms. The van der Waals surface area contributed by atoms with Crippen molar-refractivity contribution in [2.24, 2.45) is 16.6 Å². The summed E-state index contributed by atoms with van der Waals surface area (Å²) in [6.07, 6.45) is 9.71. The lowest BCUT2D eigenvalue weighted by Gasteiger charge is -2.44. The van der Waals surface area contributed by atoms with E-state index in [1.807, 2.05) is 13.1 Å². The van der Waals surface area contributed by atoms with Crippen molar-refractivity contribution in [2.45, 2.75) is 151 Å². The summed E-state index contributed by atoms with van der Waals surface area (Å²) in [5.74, 6) is -0.921. The van der Waals surface area contributed by atoms with E-state index in [1.54, 1.807) is 0 Å². The molecular weight excluding hydrogens is 596 g/mol. The minimum absolute atomic E-state index is 0.0349. The SMILES string of the molecule is C[C@@H]1N[C@H](C[C@H](O)[C@H]2CCCCCC[C@@](O)(CC(=O)O)CN[C@@]3(C)C[C@H](Cc4cccc(c4)C2)N[C@H](N)C3)[C@@H](N2CC=NC2)C[C@H]1O. The lowest BCUT2D eigenvalue weighted by Crippen LogP contribution is -2.63. The van der Waals surface area contributed by atoms with E-state index in [-0.39, 0.29) is 54.8 Å². The number of nitrogens with one attached hydrogen (secondary N) is 3. The van der Waals surface area contributed by atoms with Gasteiger partial charge in [0.1, 0.15) is 0 Å². The molecular formula is C36H60N6O5. The number of hydrogen-bond donors (Lipinski definition) is 8. The molecule has 10 atom stereocenters. The average Bonchev–Trinajstić information content (AvgIpc) is 3.53. The number of carboxylic acid groups (broad SMARTS) is 1. The fraction of sp³-hybridized carbons (Fsp3) is 0.778. The molecule has 11 heteroatoms. The van der Waals surface area contributed by atoms with Crippen molar-refractivity contribution in [3.05, 3.63) is 35.4 Å². The van der Waals surface area contributed by atoms with E-state index in [9.17, 15) is 25.2 Å². The quantitative estimate of drug-likeness (QED) is 0.226. The van der Waals surface area contributed by atoms with Crippen LogP contribution >= 0.6 is 0 Å². The topological polar surface area (TPSA) is 176 Å². The van der Waals surface area contributed by atoms with E-state index in [1.165, 1.54) is 11.1 Å². The van der Waals surface area contributed by atoms with Gasteiger partial charge in [0.15, 0.2) is 0 Å². The van der Waals surface area contributed by atoms with E-state index in [2.05, 4.69) is 57.0 Å². The second-order valence-corrected chi connectivity index (χ2v) is 15.5. The molecule has 264 valence electrons. The Morgan fingerprint density at radius 2 is 1.91 bits per heavy atom. The van der Waals surface area contributed by atoms with Gasteiger partial charge in [-0.3, -0.25) is 20.0 Å². The third-order valence-corrected chi connectivity index (χ3v) is 11.3. The largest absolute Gasteiger partial charge is 0.481 e. The Labute approximate surface area is 280 Å². The highest BCUT2D eigenvalue weighted by molar-refractivity contribution is 5.68. The van der Waals surface area contributed by atoms with Gasteiger partial charge in [0.2, 0.25) is 0 Å². The van der Waals surface area contributed by atoms with Crippen molar-refractivity contribution in [2.75, 3.05) is 19.8 Å². The summed E-state index contributed by atoms with van der Waals surface area (Å²) in [6.45, 7) is 5.77. The van der Waals surface area contributed by atoms with E-state index >= 15 is 0 Å². The number of carboxylic acids is 1. The first-order chi connectivity index (χ1) is 22.4. The van der Waals surface area contributed by atoms with Gasteiger partial charge in [-0.1, -0.05) is 49.9 Å². The van der Waals surface area contributed by atoms with Crippen LogP contribution in [0.2, 0.25) is 0 Å². The zero-order chi connectivity index (χ0) is 33.6. The van der Waals surface area contributed by atoms with Crippen molar-refractivity contribution in [1.29, 1.82) is 0 Å². The van der Waals surface area contributed by atoms with Crippen LogP contribution in [0.25, 0.3) is 0 Å². The van der Waals surface area contributed by atoms with Crippen molar-refractivity contribution < 1.29 is 25.2 Å². The van der Waals surface area contributed by atoms with Gasteiger partial charge in [-0.05, 0) is 82.3 Å². The molecule has 0 aromatic heterocycles. The summed E-state index contributed by atoms with van der Waals surface area (Å²) in [5.41, 5.74) is 7.28. The number of rotatable bonds is 6. The molecule has 0 aliphatic carbocycles. The first-order valence-electron chi connectivity index (χ1n) is 18.0. The Morgan fingerprint density at radius 1 is 1.15 bits per heavy atom. The number of β-amino-alcohol motifs (C(OH)–C–C–N with tert-alkyl or cyclic N) is 1. The predicted octanol–water partition coefficient (Wildman–Crippen LogP) is 1.91. The molecule has 2 saturated heterocycles. The zero-order valence-electron chi connectivity index (χ0n) is 28.5. The maximum atomic E-state index is 11.9. The zero-order valence-corrected chi connectivity index (χ0v) is 28.5. The number of piperidine rings is 2. The highest BCUT2D eigenvalue weighted by Gasteiger charge is 2.40. The van der Waals surface area contributed by atoms with E-state index in [0.29, 0.717) is 32.4 Å². The van der Waals surface area contributed by atoms with Gasteiger partial charge in [-0.25, -0.2) is 0 Å². The Hall–Kier alpha value is -1.96. The summed E-state index contributed by atoms with van der Waals surface area (Å²) < 4.78 is 0. The molecule has 0 saturated carbocycles. The minimum Gasteiger partial charge on any atom is -0.481 e. The van der Waals surface area contributed by atoms with Crippen LogP contribution < -0.4 is 21.7 Å². The molecule has 1 aromatic carbocycles. The lowest BCUT2D eigenvalue weighted by atomic mass is 9.80. The van der Waals surface area contributed by atoms with Gasteiger partial charge in [-0.2, -0.15) is 0 Å². The normalized spacial score (nSPS) is 38.7. The van der Waals surface area contributed by atoms with E-state index in [0.717, 1.165) is 57.9 Å². The van der Waals surface area contributed by atoms with Crippen LogP contribution in [0.5, 0.6) is 0 Å². The molecule has 47 heavy (non-hydrogen) atoms. The van der Waals surface area contributed by atoms with Crippen molar-refractivity contribution in [1.82, 2.24) is 20.9 Å². The number of aliphatic carboxylic acids is 1. The van der Waals surface area contributed by atoms with Gasteiger partial charge < -0.3 is 36.8 Å². The first kappa shape index (κ1) is 36.3. The van der Waals surface area contributed by atoms with Crippen LogP contribution in [0.4, 0.5) is 0 Å². The number of nitrogens with zero attached hydrogens (tertiary/aromatic N) is 2. The lowest BCUT2D eigenvalue weighted by molar-refractivity contribution is -0.143. The maximum Gasteiger partial charge on any atom is 0.306 e. The second-order valence-electron chi connectivity index (χ2n) is 15.5. The van der Waals surface area contributed by atoms with E-state index < -0.39 is 23.8 Å².